The number of hydrogen-bond donors (Lipinski definition) is 2. The van der Waals surface area contributed by atoms with Crippen LogP contribution in [0.2, 0.25) is 10.0 Å². The first kappa shape index (κ1) is 16.9. The lowest BCUT2D eigenvalue weighted by Crippen LogP contribution is -2.28. The van der Waals surface area contributed by atoms with E-state index in [2.05, 4.69) is 22.2 Å². The fourth-order valence-electron chi connectivity index (χ4n) is 1.77. The molecule has 1 saturated heterocycles. The molecule has 8 heteroatoms. The summed E-state index contributed by atoms with van der Waals surface area (Å²) in [5.41, 5.74) is 0.492. The first-order valence-electron chi connectivity index (χ1n) is 6.36. The molecule has 1 aromatic rings. The van der Waals surface area contributed by atoms with Gasteiger partial charge in [0.05, 0.1) is 6.54 Å². The van der Waals surface area contributed by atoms with Crippen molar-refractivity contribution in [3.63, 3.8) is 0 Å². The average Bonchev–Trinajstić information content (AvgIpc) is 2.75. The number of halogens is 2. The molecule has 1 atom stereocenters. The topological polar surface area (TPSA) is 70.6 Å². The molecule has 0 radical (unpaired) electrons. The third-order valence-electron chi connectivity index (χ3n) is 2.66. The summed E-state index contributed by atoms with van der Waals surface area (Å²) in [6.45, 7) is 3.97. The standard InChI is InChI=1S/C14H13Cl2N3O2S/c1-2-3-17-14-19-13(21)11(22-14)7-12(20)18-10-5-8(15)4-9(16)6-10/h2,4-6,11H,1,3,7H2,(H,18,20)(H,17,19,21). The lowest BCUT2D eigenvalue weighted by atomic mass is 10.2. The first-order chi connectivity index (χ1) is 10.5. The number of nitrogens with zero attached hydrogens (tertiary/aromatic N) is 1. The van der Waals surface area contributed by atoms with Gasteiger partial charge in [-0.3, -0.25) is 14.6 Å². The number of hydrogen-bond acceptors (Lipinski definition) is 4. The molecular formula is C14H13Cl2N3O2S. The first-order valence-corrected chi connectivity index (χ1v) is 8.00. The van der Waals surface area contributed by atoms with Crippen molar-refractivity contribution in [2.24, 2.45) is 4.99 Å². The van der Waals surface area contributed by atoms with E-state index in [4.69, 9.17) is 23.2 Å². The highest BCUT2D eigenvalue weighted by molar-refractivity contribution is 8.15. The molecule has 0 aliphatic carbocycles. The number of rotatable bonds is 5. The van der Waals surface area contributed by atoms with Crippen molar-refractivity contribution in [1.29, 1.82) is 0 Å². The van der Waals surface area contributed by atoms with Gasteiger partial charge in [0.15, 0.2) is 5.17 Å². The molecule has 116 valence electrons. The summed E-state index contributed by atoms with van der Waals surface area (Å²) >= 11 is 13.0. The van der Waals surface area contributed by atoms with E-state index < -0.39 is 5.25 Å². The van der Waals surface area contributed by atoms with Crippen LogP contribution in [0, 0.1) is 0 Å². The van der Waals surface area contributed by atoms with Crippen LogP contribution >= 0.6 is 35.0 Å². The summed E-state index contributed by atoms with van der Waals surface area (Å²) in [5.74, 6) is -0.525. The van der Waals surface area contributed by atoms with Gasteiger partial charge in [-0.05, 0) is 18.2 Å². The second kappa shape index (κ2) is 7.67. The predicted octanol–water partition coefficient (Wildman–Crippen LogP) is 3.10. The number of anilines is 1. The molecule has 2 N–H and O–H groups in total. The molecule has 2 amide bonds. The van der Waals surface area contributed by atoms with Gasteiger partial charge >= 0.3 is 0 Å². The number of amidine groups is 1. The van der Waals surface area contributed by atoms with Crippen molar-refractivity contribution in [1.82, 2.24) is 5.32 Å². The Balaban J connectivity index is 1.94. The molecule has 2 rings (SSSR count). The summed E-state index contributed by atoms with van der Waals surface area (Å²) in [6.07, 6.45) is 1.66. The van der Waals surface area contributed by atoms with E-state index in [1.54, 1.807) is 24.3 Å². The van der Waals surface area contributed by atoms with Crippen LogP contribution in [0.15, 0.2) is 35.8 Å². The Morgan fingerprint density at radius 2 is 2.09 bits per heavy atom. The van der Waals surface area contributed by atoms with Crippen molar-refractivity contribution >= 4 is 57.6 Å². The Labute approximate surface area is 142 Å². The van der Waals surface area contributed by atoms with Gasteiger partial charge in [-0.15, -0.1) is 6.58 Å². The fourth-order valence-corrected chi connectivity index (χ4v) is 3.27. The molecule has 0 saturated carbocycles. The van der Waals surface area contributed by atoms with Crippen LogP contribution in [0.25, 0.3) is 0 Å². The van der Waals surface area contributed by atoms with Crippen LogP contribution in [0.3, 0.4) is 0 Å². The van der Waals surface area contributed by atoms with Gasteiger partial charge in [0, 0.05) is 22.2 Å². The van der Waals surface area contributed by atoms with E-state index >= 15 is 0 Å². The molecule has 1 unspecified atom stereocenters. The Bertz CT molecular complexity index is 629. The Morgan fingerprint density at radius 3 is 2.73 bits per heavy atom. The molecule has 0 aromatic heterocycles. The summed E-state index contributed by atoms with van der Waals surface area (Å²) in [7, 11) is 0. The average molecular weight is 358 g/mol. The summed E-state index contributed by atoms with van der Waals surface area (Å²) < 4.78 is 0. The number of carbonyl (C=O) groups is 2. The third-order valence-corrected chi connectivity index (χ3v) is 4.21. The number of thioether (sulfide) groups is 1. The van der Waals surface area contributed by atoms with E-state index in [1.165, 1.54) is 11.8 Å². The van der Waals surface area contributed by atoms with Crippen molar-refractivity contribution in [3.05, 3.63) is 40.9 Å². The van der Waals surface area contributed by atoms with Gasteiger partial charge in [0.25, 0.3) is 0 Å². The van der Waals surface area contributed by atoms with Gasteiger partial charge in [-0.1, -0.05) is 41.0 Å². The third kappa shape index (κ3) is 4.76. The molecule has 0 bridgehead atoms. The van der Waals surface area contributed by atoms with Gasteiger partial charge in [0.2, 0.25) is 11.8 Å². The van der Waals surface area contributed by atoms with E-state index in [0.29, 0.717) is 27.4 Å². The minimum atomic E-state index is -0.502. The van der Waals surface area contributed by atoms with Gasteiger partial charge < -0.3 is 10.6 Å². The fraction of sp³-hybridized carbons (Fsp3) is 0.214. The van der Waals surface area contributed by atoms with Crippen LogP contribution in [0.1, 0.15) is 6.42 Å². The summed E-state index contributed by atoms with van der Waals surface area (Å²) in [4.78, 5) is 27.9. The van der Waals surface area contributed by atoms with Crippen LogP contribution in [0.4, 0.5) is 5.69 Å². The van der Waals surface area contributed by atoms with Crippen LogP contribution in [-0.4, -0.2) is 28.8 Å². The Hall–Kier alpha value is -1.50. The second-order valence-electron chi connectivity index (χ2n) is 4.44. The van der Waals surface area contributed by atoms with Gasteiger partial charge in [-0.2, -0.15) is 0 Å². The smallest absolute Gasteiger partial charge is 0.240 e. The molecular weight excluding hydrogens is 345 g/mol. The Morgan fingerprint density at radius 1 is 1.41 bits per heavy atom. The highest BCUT2D eigenvalue weighted by Crippen LogP contribution is 2.25. The molecule has 1 aliphatic rings. The lowest BCUT2D eigenvalue weighted by Gasteiger charge is -2.08. The molecule has 1 fully saturated rings. The van der Waals surface area contributed by atoms with Crippen molar-refractivity contribution < 1.29 is 9.59 Å². The van der Waals surface area contributed by atoms with Crippen LogP contribution < -0.4 is 10.6 Å². The molecule has 1 aromatic carbocycles. The summed E-state index contributed by atoms with van der Waals surface area (Å²) in [6, 6.07) is 4.75. The number of amides is 2. The maximum absolute atomic E-state index is 12.0. The predicted molar refractivity (Wildman–Crippen MR) is 91.7 cm³/mol. The SMILES string of the molecule is C=CCN=C1NC(=O)C(CC(=O)Nc2cc(Cl)cc(Cl)c2)S1. The quantitative estimate of drug-likeness (QED) is 0.795. The molecule has 22 heavy (non-hydrogen) atoms. The zero-order chi connectivity index (χ0) is 16.1. The van der Waals surface area contributed by atoms with Crippen LogP contribution in [-0.2, 0) is 9.59 Å². The lowest BCUT2D eigenvalue weighted by molar-refractivity contribution is -0.122. The molecule has 1 aliphatic heterocycles. The molecule has 1 heterocycles. The number of aliphatic imine (C=N–C) groups is 1. The zero-order valence-corrected chi connectivity index (χ0v) is 13.8. The van der Waals surface area contributed by atoms with Crippen LogP contribution in [0.5, 0.6) is 0 Å². The normalized spacial score (nSPS) is 19.1. The monoisotopic (exact) mass is 357 g/mol. The highest BCUT2D eigenvalue weighted by atomic mass is 35.5. The molecule has 0 spiro atoms. The maximum Gasteiger partial charge on any atom is 0.240 e. The largest absolute Gasteiger partial charge is 0.326 e. The maximum atomic E-state index is 12.0. The number of benzene rings is 1. The van der Waals surface area contributed by atoms with Gasteiger partial charge in [-0.25, -0.2) is 0 Å². The van der Waals surface area contributed by atoms with E-state index in [1.807, 2.05) is 0 Å². The van der Waals surface area contributed by atoms with E-state index in [9.17, 15) is 9.59 Å². The van der Waals surface area contributed by atoms with Crippen molar-refractivity contribution in [2.45, 2.75) is 11.7 Å². The minimum absolute atomic E-state index is 0.0355. The van der Waals surface area contributed by atoms with Crippen molar-refractivity contribution in [3.8, 4) is 0 Å². The number of carbonyl (C=O) groups excluding carboxylic acids is 2. The van der Waals surface area contributed by atoms with E-state index in [0.717, 1.165) is 0 Å². The van der Waals surface area contributed by atoms with Crippen molar-refractivity contribution in [2.75, 3.05) is 11.9 Å². The minimum Gasteiger partial charge on any atom is -0.326 e. The second-order valence-corrected chi connectivity index (χ2v) is 6.50. The Kier molecular flexibility index (Phi) is 5.88. The van der Waals surface area contributed by atoms with E-state index in [-0.39, 0.29) is 18.2 Å². The molecule has 5 nitrogen and oxygen atoms in total. The highest BCUT2D eigenvalue weighted by Gasteiger charge is 2.31. The van der Waals surface area contributed by atoms with Gasteiger partial charge in [0.1, 0.15) is 5.25 Å². The summed E-state index contributed by atoms with van der Waals surface area (Å²) in [5, 5.41) is 6.16. The zero-order valence-electron chi connectivity index (χ0n) is 11.4. The number of nitrogens with one attached hydrogen (secondary N) is 2.